The van der Waals surface area contributed by atoms with Crippen LogP contribution in [-0.4, -0.2) is 0 Å². The van der Waals surface area contributed by atoms with Crippen molar-refractivity contribution in [1.82, 2.24) is 0 Å². The summed E-state index contributed by atoms with van der Waals surface area (Å²) in [6.45, 7) is 16.5. The van der Waals surface area contributed by atoms with Crippen LogP contribution >= 0.6 is 0 Å². The Morgan fingerprint density at radius 3 is 2.26 bits per heavy atom. The molecule has 0 saturated carbocycles. The largest absolute Gasteiger partial charge is 0.0642 e. The first-order valence-electron chi connectivity index (χ1n) is 9.03. The van der Waals surface area contributed by atoms with Gasteiger partial charge in [-0.15, -0.1) is 0 Å². The third-order valence-corrected chi connectivity index (χ3v) is 6.60. The van der Waals surface area contributed by atoms with Crippen molar-refractivity contribution in [2.24, 2.45) is 0 Å². The molecule has 0 aromatic heterocycles. The number of rotatable bonds is 1. The van der Waals surface area contributed by atoms with Crippen LogP contribution < -0.4 is 0 Å². The zero-order chi connectivity index (χ0) is 16.9. The maximum atomic E-state index is 2.46. The molecule has 3 unspecified atom stereocenters. The quantitative estimate of drug-likeness (QED) is 0.560. The van der Waals surface area contributed by atoms with Crippen LogP contribution in [0.25, 0.3) is 0 Å². The van der Waals surface area contributed by atoms with Crippen LogP contribution in [0.2, 0.25) is 0 Å². The van der Waals surface area contributed by atoms with Gasteiger partial charge in [-0.25, -0.2) is 0 Å². The number of aryl methyl sites for hydroxylation is 2. The third-order valence-electron chi connectivity index (χ3n) is 6.60. The molecule has 0 nitrogen and oxygen atoms in total. The number of benzene rings is 2. The molecule has 0 bridgehead atoms. The van der Waals surface area contributed by atoms with E-state index in [2.05, 4.69) is 78.8 Å². The highest BCUT2D eigenvalue weighted by Crippen LogP contribution is 2.51. The molecule has 0 saturated heterocycles. The average molecular weight is 306 g/mol. The van der Waals surface area contributed by atoms with E-state index in [1.165, 1.54) is 27.8 Å². The van der Waals surface area contributed by atoms with Crippen LogP contribution in [0.15, 0.2) is 30.3 Å². The average Bonchev–Trinajstić information content (AvgIpc) is 2.62. The van der Waals surface area contributed by atoms with Crippen LogP contribution in [0.5, 0.6) is 0 Å². The molecule has 2 aromatic carbocycles. The molecule has 0 radical (unpaired) electrons. The van der Waals surface area contributed by atoms with Gasteiger partial charge in [0.2, 0.25) is 0 Å². The summed E-state index contributed by atoms with van der Waals surface area (Å²) < 4.78 is 0. The Balaban J connectivity index is 2.48. The lowest BCUT2D eigenvalue weighted by molar-refractivity contribution is 0.541. The van der Waals surface area contributed by atoms with E-state index in [0.717, 1.165) is 6.42 Å². The normalized spacial score (nSPS) is 26.4. The number of fused-ring (bicyclic) bond motifs is 2. The van der Waals surface area contributed by atoms with Crippen molar-refractivity contribution in [3.05, 3.63) is 69.3 Å². The first-order chi connectivity index (χ1) is 10.8. The van der Waals surface area contributed by atoms with E-state index in [9.17, 15) is 0 Å². The van der Waals surface area contributed by atoms with Crippen LogP contribution in [0, 0.1) is 20.8 Å². The molecule has 0 N–H and O–H groups in total. The molecule has 0 heterocycles. The van der Waals surface area contributed by atoms with Crippen molar-refractivity contribution in [2.45, 2.75) is 72.1 Å². The zero-order valence-electron chi connectivity index (χ0n) is 15.7. The van der Waals surface area contributed by atoms with E-state index < -0.39 is 0 Å². The van der Waals surface area contributed by atoms with E-state index >= 15 is 0 Å². The highest BCUT2D eigenvalue weighted by Gasteiger charge is 2.39. The van der Waals surface area contributed by atoms with Gasteiger partial charge in [-0.1, -0.05) is 58.0 Å². The fourth-order valence-corrected chi connectivity index (χ4v) is 4.84. The highest BCUT2D eigenvalue weighted by atomic mass is 14.4. The second-order valence-corrected chi connectivity index (χ2v) is 7.77. The van der Waals surface area contributed by atoms with Gasteiger partial charge in [0.15, 0.2) is 0 Å². The lowest BCUT2D eigenvalue weighted by Crippen LogP contribution is -2.26. The van der Waals surface area contributed by atoms with Gasteiger partial charge in [0.1, 0.15) is 0 Å². The highest BCUT2D eigenvalue weighted by molar-refractivity contribution is 5.58. The molecule has 0 heteroatoms. The molecule has 23 heavy (non-hydrogen) atoms. The van der Waals surface area contributed by atoms with E-state index in [4.69, 9.17) is 0 Å². The summed E-state index contributed by atoms with van der Waals surface area (Å²) >= 11 is 0. The van der Waals surface area contributed by atoms with Gasteiger partial charge in [0.25, 0.3) is 0 Å². The van der Waals surface area contributed by atoms with Crippen molar-refractivity contribution in [2.75, 3.05) is 0 Å². The van der Waals surface area contributed by atoms with Crippen molar-refractivity contribution < 1.29 is 0 Å². The van der Waals surface area contributed by atoms with Crippen LogP contribution in [0.4, 0.5) is 0 Å². The van der Waals surface area contributed by atoms with Gasteiger partial charge in [-0.05, 0) is 78.0 Å². The van der Waals surface area contributed by atoms with Gasteiger partial charge in [-0.3, -0.25) is 0 Å². The van der Waals surface area contributed by atoms with Crippen molar-refractivity contribution >= 4 is 0 Å². The predicted molar refractivity (Wildman–Crippen MR) is 101 cm³/mol. The zero-order valence-corrected chi connectivity index (χ0v) is 15.7. The van der Waals surface area contributed by atoms with Gasteiger partial charge >= 0.3 is 0 Å². The molecule has 2 aromatic rings. The smallest absolute Gasteiger partial charge is 0.0180 e. The lowest BCUT2D eigenvalue weighted by Gasteiger charge is -2.34. The van der Waals surface area contributed by atoms with Crippen LogP contribution in [-0.2, 0) is 5.41 Å². The van der Waals surface area contributed by atoms with Gasteiger partial charge in [0.05, 0.1) is 0 Å². The molecule has 0 aliphatic heterocycles. The third kappa shape index (κ3) is 2.18. The van der Waals surface area contributed by atoms with Crippen LogP contribution in [0.3, 0.4) is 0 Å². The second-order valence-electron chi connectivity index (χ2n) is 7.77. The molecule has 3 rings (SSSR count). The minimum atomic E-state index is 0.105. The molecule has 0 spiro atoms. The number of hydrogen-bond acceptors (Lipinski definition) is 0. The van der Waals surface area contributed by atoms with E-state index in [1.54, 1.807) is 11.1 Å². The van der Waals surface area contributed by atoms with Crippen LogP contribution in [0.1, 0.15) is 84.9 Å². The lowest BCUT2D eigenvalue weighted by atomic mass is 9.69. The molecule has 1 aliphatic carbocycles. The Kier molecular flexibility index (Phi) is 3.91. The Labute approximate surface area is 141 Å². The Morgan fingerprint density at radius 1 is 0.957 bits per heavy atom. The fourth-order valence-electron chi connectivity index (χ4n) is 4.84. The summed E-state index contributed by atoms with van der Waals surface area (Å²) in [6, 6.07) is 11.5. The minimum Gasteiger partial charge on any atom is -0.0642 e. The second kappa shape index (κ2) is 5.51. The summed E-state index contributed by atoms with van der Waals surface area (Å²) in [4.78, 5) is 0. The SMILES string of the molecule is CCC1(C)c2ccccc2C(C)C(C)c2c(C)c(C)cc(C)c21. The van der Waals surface area contributed by atoms with E-state index in [0.29, 0.717) is 11.8 Å². The van der Waals surface area contributed by atoms with Crippen molar-refractivity contribution in [1.29, 1.82) is 0 Å². The maximum Gasteiger partial charge on any atom is 0.0180 e. The van der Waals surface area contributed by atoms with Crippen molar-refractivity contribution in [3.63, 3.8) is 0 Å². The molecule has 0 fully saturated rings. The summed E-state index contributed by atoms with van der Waals surface area (Å²) in [6.07, 6.45) is 1.14. The van der Waals surface area contributed by atoms with E-state index in [-0.39, 0.29) is 5.41 Å². The first-order valence-corrected chi connectivity index (χ1v) is 9.03. The van der Waals surface area contributed by atoms with Gasteiger partial charge in [-0.2, -0.15) is 0 Å². The Morgan fingerprint density at radius 2 is 1.61 bits per heavy atom. The standard InChI is InChI=1S/C23H30/c1-8-23(7)20-12-10-9-11-19(20)17(5)18(6)21-16(4)14(2)13-15(3)22(21)23/h9-13,17-18H,8H2,1-7H3. The monoisotopic (exact) mass is 306 g/mol. The Hall–Kier alpha value is -1.56. The Bertz CT molecular complexity index is 753. The summed E-state index contributed by atoms with van der Waals surface area (Å²) in [5.41, 5.74) is 10.8. The summed E-state index contributed by atoms with van der Waals surface area (Å²) in [5, 5.41) is 0. The van der Waals surface area contributed by atoms with E-state index in [1.807, 2.05) is 0 Å². The molecular formula is C23H30. The molecule has 122 valence electrons. The maximum absolute atomic E-state index is 2.46. The van der Waals surface area contributed by atoms with Gasteiger partial charge in [0, 0.05) is 5.41 Å². The van der Waals surface area contributed by atoms with Gasteiger partial charge < -0.3 is 0 Å². The first kappa shape index (κ1) is 16.3. The topological polar surface area (TPSA) is 0 Å². The molecular weight excluding hydrogens is 276 g/mol. The molecule has 1 aliphatic rings. The minimum absolute atomic E-state index is 0.105. The predicted octanol–water partition coefficient (Wildman–Crippen LogP) is 6.55. The summed E-state index contributed by atoms with van der Waals surface area (Å²) in [5.74, 6) is 1.11. The number of hydrogen-bond donors (Lipinski definition) is 0. The van der Waals surface area contributed by atoms with Crippen molar-refractivity contribution in [3.8, 4) is 0 Å². The summed E-state index contributed by atoms with van der Waals surface area (Å²) in [7, 11) is 0. The fraction of sp³-hybridized carbons (Fsp3) is 0.478. The molecule has 0 amide bonds. The molecule has 3 atom stereocenters.